The molecule has 0 bridgehead atoms. The van der Waals surface area contributed by atoms with Crippen molar-refractivity contribution in [3.05, 3.63) is 72.0 Å². The van der Waals surface area contributed by atoms with Crippen molar-refractivity contribution in [3.8, 4) is 0 Å². The molecule has 0 aliphatic carbocycles. The highest BCUT2D eigenvalue weighted by Crippen LogP contribution is 2.29. The number of carbonyl (C=O) groups is 1. The molecule has 0 fully saturated rings. The minimum absolute atomic E-state index is 0.0467. The third-order valence-electron chi connectivity index (χ3n) is 6.38. The Labute approximate surface area is 233 Å². The van der Waals surface area contributed by atoms with Crippen LogP contribution in [0.5, 0.6) is 0 Å². The largest absolute Gasteiger partial charge is 0.383 e. The Bertz CT molecular complexity index is 1610. The number of anilines is 3. The molecule has 1 aromatic heterocycles. The van der Waals surface area contributed by atoms with Gasteiger partial charge in [0.05, 0.1) is 27.5 Å². The van der Waals surface area contributed by atoms with E-state index in [-0.39, 0.29) is 15.6 Å². The lowest BCUT2D eigenvalue weighted by molar-refractivity contribution is 0.102. The first-order valence-electron chi connectivity index (χ1n) is 12.6. The van der Waals surface area contributed by atoms with Crippen LogP contribution in [0.4, 0.5) is 21.6 Å². The number of benzene rings is 3. The van der Waals surface area contributed by atoms with Gasteiger partial charge in [0.25, 0.3) is 5.91 Å². The molecule has 1 amide bonds. The van der Waals surface area contributed by atoms with Crippen LogP contribution < -0.4 is 15.5 Å². The topological polar surface area (TPSA) is 120 Å². The molecule has 12 heteroatoms. The molecule has 3 N–H and O–H groups in total. The van der Waals surface area contributed by atoms with Gasteiger partial charge in [0.2, 0.25) is 9.84 Å². The van der Waals surface area contributed by atoms with Crippen molar-refractivity contribution in [3.63, 3.8) is 0 Å². The van der Waals surface area contributed by atoms with E-state index in [1.54, 1.807) is 19.2 Å². The first-order valence-corrected chi connectivity index (χ1v) is 14.1. The molecule has 40 heavy (non-hydrogen) atoms. The summed E-state index contributed by atoms with van der Waals surface area (Å²) in [6.07, 6.45) is 0. The number of aromatic amines is 1. The lowest BCUT2D eigenvalue weighted by Crippen LogP contribution is -2.28. The number of fused-ring (bicyclic) bond motifs is 1. The fourth-order valence-electron chi connectivity index (χ4n) is 4.08. The molecular formula is C28H33FN6O4S. The number of amides is 1. The molecule has 0 unspecified atom stereocenters. The van der Waals surface area contributed by atoms with Crippen molar-refractivity contribution in [1.29, 1.82) is 0 Å². The smallest absolute Gasteiger partial charge is 0.258 e. The minimum Gasteiger partial charge on any atom is -0.383 e. The second kappa shape index (κ2) is 12.5. The van der Waals surface area contributed by atoms with Crippen LogP contribution >= 0.6 is 0 Å². The molecule has 0 aliphatic heterocycles. The molecule has 0 aliphatic rings. The summed E-state index contributed by atoms with van der Waals surface area (Å²) in [5, 5.41) is 13.5. The number of halogens is 1. The molecule has 3 aromatic carbocycles. The number of ether oxygens (including phenoxy) is 1. The van der Waals surface area contributed by atoms with Crippen LogP contribution in [0.2, 0.25) is 0 Å². The summed E-state index contributed by atoms with van der Waals surface area (Å²) in [6.45, 7) is 2.62. The number of aromatic nitrogens is 2. The Morgan fingerprint density at radius 3 is 2.52 bits per heavy atom. The molecule has 0 spiro atoms. The fourth-order valence-corrected chi connectivity index (χ4v) is 5.40. The summed E-state index contributed by atoms with van der Waals surface area (Å²) in [5.41, 5.74) is 2.49. The fraction of sp³-hybridized carbons (Fsp3) is 0.286. The molecular weight excluding hydrogens is 535 g/mol. The van der Waals surface area contributed by atoms with Crippen molar-refractivity contribution >= 4 is 43.8 Å². The Kier molecular flexibility index (Phi) is 9.03. The maximum absolute atomic E-state index is 13.7. The quantitative estimate of drug-likeness (QED) is 0.221. The Morgan fingerprint density at radius 2 is 1.80 bits per heavy atom. The number of sulfone groups is 1. The molecule has 212 valence electrons. The van der Waals surface area contributed by atoms with Gasteiger partial charge in [0, 0.05) is 50.6 Å². The van der Waals surface area contributed by atoms with Gasteiger partial charge in [0.1, 0.15) is 5.82 Å². The second-order valence-electron chi connectivity index (χ2n) is 9.57. The lowest BCUT2D eigenvalue weighted by Gasteiger charge is -2.23. The van der Waals surface area contributed by atoms with Crippen LogP contribution in [0.25, 0.3) is 10.9 Å². The van der Waals surface area contributed by atoms with E-state index in [1.807, 2.05) is 33.3 Å². The number of likely N-dealkylation sites (N-methyl/N-ethyl adjacent to an activating group) is 2. The first kappa shape index (κ1) is 29.0. The molecule has 4 aromatic rings. The van der Waals surface area contributed by atoms with Crippen LogP contribution in [-0.4, -0.2) is 83.9 Å². The summed E-state index contributed by atoms with van der Waals surface area (Å²) in [4.78, 5) is 17.4. The summed E-state index contributed by atoms with van der Waals surface area (Å²) in [5.74, 6) is -0.899. The number of nitrogens with one attached hydrogen (secondary N) is 3. The van der Waals surface area contributed by atoms with Crippen LogP contribution in [0.1, 0.15) is 10.4 Å². The summed E-state index contributed by atoms with van der Waals surface area (Å²) in [7, 11) is 3.62. The number of rotatable bonds is 12. The molecule has 1 heterocycles. The van der Waals surface area contributed by atoms with Gasteiger partial charge in [-0.05, 0) is 68.7 Å². The average Bonchev–Trinajstić information content (AvgIpc) is 3.33. The number of hydrogen-bond donors (Lipinski definition) is 3. The highest BCUT2D eigenvalue weighted by Gasteiger charge is 2.21. The van der Waals surface area contributed by atoms with E-state index in [9.17, 15) is 17.6 Å². The standard InChI is InChI=1S/C28H33FN6O4S/c1-34(2)13-14-35(3)20-8-10-23(26(17-20)30-12-15-39-4)28(36)31-27-24-18-22(9-11-25(24)32-33-27)40(37,38)21-7-5-6-19(29)16-21/h5-11,16-18,30H,12-15H2,1-4H3,(H2,31,32,33,36). The van der Waals surface area contributed by atoms with Crippen molar-refractivity contribution in [2.45, 2.75) is 9.79 Å². The van der Waals surface area contributed by atoms with Crippen molar-refractivity contribution in [1.82, 2.24) is 15.1 Å². The van der Waals surface area contributed by atoms with Gasteiger partial charge in [-0.25, -0.2) is 12.8 Å². The van der Waals surface area contributed by atoms with E-state index < -0.39 is 21.6 Å². The van der Waals surface area contributed by atoms with E-state index in [0.29, 0.717) is 35.3 Å². The predicted molar refractivity (Wildman–Crippen MR) is 155 cm³/mol. The molecule has 0 atom stereocenters. The van der Waals surface area contributed by atoms with Gasteiger partial charge in [-0.15, -0.1) is 0 Å². The zero-order valence-electron chi connectivity index (χ0n) is 22.9. The highest BCUT2D eigenvalue weighted by atomic mass is 32.2. The second-order valence-corrected chi connectivity index (χ2v) is 11.5. The van der Waals surface area contributed by atoms with Crippen LogP contribution in [-0.2, 0) is 14.6 Å². The normalized spacial score (nSPS) is 11.7. The Balaban J connectivity index is 1.63. The van der Waals surface area contributed by atoms with Crippen LogP contribution in [0.15, 0.2) is 70.5 Å². The molecule has 0 saturated carbocycles. The number of carbonyl (C=O) groups excluding carboxylic acids is 1. The Morgan fingerprint density at radius 1 is 1.02 bits per heavy atom. The molecule has 0 radical (unpaired) electrons. The number of nitrogens with zero attached hydrogens (tertiary/aromatic N) is 3. The number of methoxy groups -OCH3 is 1. The van der Waals surface area contributed by atoms with Crippen molar-refractivity contribution < 1.29 is 22.3 Å². The van der Waals surface area contributed by atoms with Crippen LogP contribution in [0, 0.1) is 5.82 Å². The van der Waals surface area contributed by atoms with Gasteiger partial charge < -0.3 is 25.2 Å². The lowest BCUT2D eigenvalue weighted by atomic mass is 10.1. The Hall–Kier alpha value is -4.00. The van der Waals surface area contributed by atoms with Gasteiger partial charge in [-0.3, -0.25) is 9.89 Å². The maximum atomic E-state index is 13.7. The minimum atomic E-state index is -3.99. The molecule has 10 nitrogen and oxygen atoms in total. The number of hydrogen-bond acceptors (Lipinski definition) is 8. The SMILES string of the molecule is COCCNc1cc(N(C)CCN(C)C)ccc1C(=O)Nc1n[nH]c2ccc(S(=O)(=O)c3cccc(F)c3)cc12. The van der Waals surface area contributed by atoms with E-state index in [0.717, 1.165) is 24.8 Å². The van der Waals surface area contributed by atoms with E-state index >= 15 is 0 Å². The van der Waals surface area contributed by atoms with Gasteiger partial charge in [0.15, 0.2) is 5.82 Å². The average molecular weight is 569 g/mol. The van der Waals surface area contributed by atoms with Crippen molar-refractivity contribution in [2.75, 3.05) is 70.0 Å². The summed E-state index contributed by atoms with van der Waals surface area (Å²) in [6, 6.07) is 14.7. The third-order valence-corrected chi connectivity index (χ3v) is 8.12. The van der Waals surface area contributed by atoms with E-state index in [4.69, 9.17) is 4.74 Å². The monoisotopic (exact) mass is 568 g/mol. The predicted octanol–water partition coefficient (Wildman–Crippen LogP) is 3.84. The number of H-pyrrole nitrogens is 1. The summed E-state index contributed by atoms with van der Waals surface area (Å²) >= 11 is 0. The highest BCUT2D eigenvalue weighted by molar-refractivity contribution is 7.91. The van der Waals surface area contributed by atoms with E-state index in [1.165, 1.54) is 30.3 Å². The van der Waals surface area contributed by atoms with Gasteiger partial charge in [-0.2, -0.15) is 5.10 Å². The van der Waals surface area contributed by atoms with E-state index in [2.05, 4.69) is 30.6 Å². The summed E-state index contributed by atoms with van der Waals surface area (Å²) < 4.78 is 45.1. The van der Waals surface area contributed by atoms with Crippen molar-refractivity contribution in [2.24, 2.45) is 0 Å². The van der Waals surface area contributed by atoms with Crippen LogP contribution in [0.3, 0.4) is 0 Å². The zero-order chi connectivity index (χ0) is 28.9. The maximum Gasteiger partial charge on any atom is 0.258 e. The van der Waals surface area contributed by atoms with Gasteiger partial charge >= 0.3 is 0 Å². The zero-order valence-corrected chi connectivity index (χ0v) is 23.7. The molecule has 0 saturated heterocycles. The third kappa shape index (κ3) is 6.58. The molecule has 4 rings (SSSR count). The van der Waals surface area contributed by atoms with Gasteiger partial charge in [-0.1, -0.05) is 6.07 Å². The first-order chi connectivity index (χ1) is 19.1.